The van der Waals surface area contributed by atoms with E-state index in [1.165, 1.54) is 43.2 Å². The van der Waals surface area contributed by atoms with Gasteiger partial charge in [0, 0.05) is 52.7 Å². The molecule has 96 heavy (non-hydrogen) atoms. The number of hydrogen-bond donors (Lipinski definition) is 4. The van der Waals surface area contributed by atoms with Crippen LogP contribution in [0.3, 0.4) is 0 Å². The van der Waals surface area contributed by atoms with E-state index in [9.17, 15) is 10.2 Å². The van der Waals surface area contributed by atoms with Crippen molar-refractivity contribution in [2.45, 2.75) is 208 Å². The normalized spacial score (nSPS) is 53.7. The van der Waals surface area contributed by atoms with Gasteiger partial charge in [0.25, 0.3) is 0 Å². The van der Waals surface area contributed by atoms with E-state index in [4.69, 9.17) is 23.4 Å². The number of epoxide rings is 1. The number of allylic oxidation sites excluding steroid dienone is 4. The Balaban J connectivity index is 0.790. The Morgan fingerprint density at radius 2 is 1.76 bits per heavy atom. The fourth-order valence-electron chi connectivity index (χ4n) is 31.8. The molecule has 13 heteroatoms. The van der Waals surface area contributed by atoms with Gasteiger partial charge in [-0.05, 0) is 227 Å². The monoisotopic (exact) mass is 1300 g/mol. The van der Waals surface area contributed by atoms with Crippen molar-refractivity contribution in [1.82, 2.24) is 10.2 Å². The lowest BCUT2D eigenvalue weighted by molar-refractivity contribution is -0.320. The number of esters is 2. The highest BCUT2D eigenvalue weighted by molar-refractivity contribution is 5.94. The second kappa shape index (κ2) is 19.2. The SMILES string of the molecule is CC1C2CCCC2C=CC12C=CCC13OC45C(=CC21)CC1CC2(CCCC2)CC12CC1CC6(C)C78OC(=O)C9OC96C6(C(O)C(=O)C3C4(COC(=O)C25)C16)C1CC(Cc2ccccc2)CCC1C#CC7CCc1coc(CC(C(O)CO)C2CCC3C(C=CN4CNCC34)C2)c18. The van der Waals surface area contributed by atoms with Crippen LogP contribution in [0.5, 0.6) is 0 Å². The van der Waals surface area contributed by atoms with Crippen molar-refractivity contribution in [2.75, 3.05) is 26.4 Å². The van der Waals surface area contributed by atoms with Crippen LogP contribution in [-0.2, 0) is 58.2 Å². The minimum Gasteiger partial charge on any atom is -0.469 e. The van der Waals surface area contributed by atoms with Gasteiger partial charge in [0.1, 0.15) is 29.7 Å². The number of ketones is 1. The van der Waals surface area contributed by atoms with Gasteiger partial charge in [-0.25, -0.2) is 4.79 Å². The maximum absolute atomic E-state index is 18.3. The molecule has 20 aliphatic rings. The predicted molar refractivity (Wildman–Crippen MR) is 353 cm³/mol. The summed E-state index contributed by atoms with van der Waals surface area (Å²) in [5.41, 5.74) is -5.63. The van der Waals surface area contributed by atoms with E-state index in [-0.39, 0.29) is 77.7 Å². The van der Waals surface area contributed by atoms with Crippen molar-refractivity contribution in [2.24, 2.45) is 133 Å². The molecule has 8 heterocycles. The van der Waals surface area contributed by atoms with Crippen LogP contribution in [0.2, 0.25) is 0 Å². The Bertz CT molecular complexity index is 3930. The van der Waals surface area contributed by atoms with Crippen molar-refractivity contribution >= 4 is 17.7 Å². The summed E-state index contributed by atoms with van der Waals surface area (Å²) in [7, 11) is 0. The zero-order chi connectivity index (χ0) is 64.3. The van der Waals surface area contributed by atoms with E-state index in [2.05, 4.69) is 109 Å². The number of benzene rings is 1. The molecule has 9 bridgehead atoms. The van der Waals surface area contributed by atoms with Gasteiger partial charge in [0.05, 0.1) is 54.4 Å². The largest absolute Gasteiger partial charge is 0.469 e. The fraction of sp³-hybridized carbons (Fsp3) is 0.723. The summed E-state index contributed by atoms with van der Waals surface area (Å²) < 4.78 is 39.1. The first-order valence-corrected chi connectivity index (χ1v) is 38.8. The van der Waals surface area contributed by atoms with Crippen molar-refractivity contribution in [3.8, 4) is 11.8 Å². The second-order valence-corrected chi connectivity index (χ2v) is 36.9. The molecular formula is C83H98N2O11. The molecule has 7 aliphatic heterocycles. The standard InChI is InChI=1S/C83H98N2O11/c1-45-57-13-8-12-48(57)22-28-76(45)26-9-27-79-64(76)34-55-33-56-38-75(24-6-7-25-75)42-77(56)37-53-36-74(2)81-54(20-17-52-41-92-63(65(52)81)35-59(62(87)40-86)50-18-21-58-51(32-50)23-29-85-44-84-39-61(58)85)19-16-49-15-14-47(30-46-10-4-3-5-11-46)31-60(49)80(83(74)71(94-83)73(91)95-81)67(53)78(68(79)66(88)70(80)89)43-93-72(90)69(77)82(55,78)96-79/h3-5,9-11,22-23,26,28-29,34,41,45,47-51,53-54,56-62,64,67-71,84,86-87,89H,6-8,12-15,17-18,20-21,24-25,27,30-33,35-40,42-44H2,1-2H3. The van der Waals surface area contributed by atoms with Crippen molar-refractivity contribution < 1.29 is 53.1 Å². The average Bonchev–Trinajstić information content (AvgIpc) is 1.40. The van der Waals surface area contributed by atoms with Crippen LogP contribution in [-0.4, -0.2) is 106 Å². The van der Waals surface area contributed by atoms with E-state index in [1.54, 1.807) is 0 Å². The number of hydrogen-bond acceptors (Lipinski definition) is 13. The summed E-state index contributed by atoms with van der Waals surface area (Å²) in [6.07, 6.45) is 35.9. The van der Waals surface area contributed by atoms with Crippen LogP contribution in [0.15, 0.2) is 89.2 Å². The molecule has 30 atom stereocenters. The number of fused-ring (bicyclic) bond motifs is 7. The number of aliphatic hydroxyl groups excluding tert-OH is 3. The van der Waals surface area contributed by atoms with Gasteiger partial charge in [-0.2, -0.15) is 0 Å². The van der Waals surface area contributed by atoms with E-state index >= 15 is 19.5 Å². The van der Waals surface area contributed by atoms with E-state index in [0.29, 0.717) is 74.0 Å². The van der Waals surface area contributed by atoms with Crippen LogP contribution < -0.4 is 5.32 Å². The van der Waals surface area contributed by atoms with Gasteiger partial charge in [-0.3, -0.25) is 14.9 Å². The van der Waals surface area contributed by atoms with Crippen LogP contribution in [0.1, 0.15) is 165 Å². The molecular weight excluding hydrogens is 1200 g/mol. The third kappa shape index (κ3) is 6.48. The highest BCUT2D eigenvalue weighted by Crippen LogP contribution is 2.93. The molecule has 2 aromatic rings. The molecule has 13 aliphatic carbocycles. The van der Waals surface area contributed by atoms with Gasteiger partial charge >= 0.3 is 11.9 Å². The maximum atomic E-state index is 18.3. The Morgan fingerprint density at radius 1 is 0.885 bits per heavy atom. The lowest BCUT2D eigenvalue weighted by atomic mass is 9.28. The van der Waals surface area contributed by atoms with Gasteiger partial charge in [-0.15, -0.1) is 0 Å². The summed E-state index contributed by atoms with van der Waals surface area (Å²) in [5.74, 6) is 6.68. The van der Waals surface area contributed by atoms with Crippen molar-refractivity contribution in [1.29, 1.82) is 0 Å². The summed E-state index contributed by atoms with van der Waals surface area (Å²) in [4.78, 5) is 53.9. The fourth-order valence-corrected chi connectivity index (χ4v) is 31.8. The highest BCUT2D eigenvalue weighted by atomic mass is 16.7. The number of carbonyl (C=O) groups is 3. The number of ether oxygens (including phenoxy) is 4. The molecule has 13 nitrogen and oxygen atoms in total. The van der Waals surface area contributed by atoms with Gasteiger partial charge in [0.2, 0.25) is 0 Å². The Hall–Kier alpha value is -4.81. The topological polar surface area (TPSA) is 181 Å². The summed E-state index contributed by atoms with van der Waals surface area (Å²) in [6.45, 7) is 6.33. The zero-order valence-corrected chi connectivity index (χ0v) is 56.3. The minimum absolute atomic E-state index is 0.0179. The second-order valence-electron chi connectivity index (χ2n) is 36.9. The first-order chi connectivity index (χ1) is 46.6. The smallest absolute Gasteiger partial charge is 0.339 e. The molecule has 1 aromatic heterocycles. The molecule has 4 N–H and O–H groups in total. The number of furan rings is 1. The number of Topliss-reactive ketones (excluding diaryl/α,β-unsaturated/α-hetero) is 1. The van der Waals surface area contributed by atoms with Crippen LogP contribution in [0.4, 0.5) is 0 Å². The molecule has 22 rings (SSSR count). The molecule has 5 saturated heterocycles. The van der Waals surface area contributed by atoms with Gasteiger partial charge < -0.3 is 43.6 Å². The number of cyclic esters (lactones) is 1. The number of carbonyl (C=O) groups excluding carboxylic acids is 3. The molecule has 9 spiro atoms. The zero-order valence-electron chi connectivity index (χ0n) is 56.3. The summed E-state index contributed by atoms with van der Waals surface area (Å²) in [5, 5.41) is 42.7. The van der Waals surface area contributed by atoms with Crippen LogP contribution in [0.25, 0.3) is 0 Å². The van der Waals surface area contributed by atoms with Crippen LogP contribution >= 0.6 is 0 Å². The Labute approximate surface area is 565 Å². The number of nitrogens with zero attached hydrogens (tertiary/aromatic N) is 1. The third-order valence-corrected chi connectivity index (χ3v) is 34.4. The van der Waals surface area contributed by atoms with Crippen molar-refractivity contribution in [3.05, 3.63) is 107 Å². The number of nitrogens with one attached hydrogen (secondary N) is 1. The molecule has 0 amide bonds. The third-order valence-electron chi connectivity index (χ3n) is 34.4. The molecule has 30 unspecified atom stereocenters. The molecule has 9 saturated carbocycles. The van der Waals surface area contributed by atoms with E-state index in [0.717, 1.165) is 101 Å². The molecule has 14 fully saturated rings. The number of rotatable bonds is 7. The summed E-state index contributed by atoms with van der Waals surface area (Å²) >= 11 is 0. The quantitative estimate of drug-likeness (QED) is 0.0891. The van der Waals surface area contributed by atoms with Crippen LogP contribution in [0, 0.1) is 145 Å². The Morgan fingerprint density at radius 3 is 2.62 bits per heavy atom. The predicted octanol–water partition coefficient (Wildman–Crippen LogP) is 11.1. The van der Waals surface area contributed by atoms with E-state index < -0.39 is 103 Å². The van der Waals surface area contributed by atoms with Gasteiger partial charge in [-0.1, -0.05) is 112 Å². The number of aryl methyl sites for hydroxylation is 1. The van der Waals surface area contributed by atoms with Crippen molar-refractivity contribution in [3.63, 3.8) is 0 Å². The average molecular weight is 1300 g/mol. The van der Waals surface area contributed by atoms with Gasteiger partial charge in [0.15, 0.2) is 17.5 Å². The minimum atomic E-state index is -1.59. The van der Waals surface area contributed by atoms with E-state index in [1.807, 2.05) is 6.26 Å². The lowest BCUT2D eigenvalue weighted by Gasteiger charge is -2.74. The first kappa shape index (κ1) is 58.9. The first-order valence-electron chi connectivity index (χ1n) is 38.8. The molecule has 1 aromatic carbocycles. The maximum Gasteiger partial charge on any atom is 0.339 e. The Kier molecular flexibility index (Phi) is 11.8. The lowest BCUT2D eigenvalue weighted by Crippen LogP contribution is -2.84. The molecule has 0 radical (unpaired) electrons. The summed E-state index contributed by atoms with van der Waals surface area (Å²) in [6, 6.07) is 11.3. The molecule has 506 valence electrons. The highest BCUT2D eigenvalue weighted by Gasteiger charge is 3.01. The number of aliphatic hydroxyl groups is 3.